The minimum Gasteiger partial charge on any atom is -0.480 e. The van der Waals surface area contributed by atoms with E-state index in [1.54, 1.807) is 86.8 Å². The van der Waals surface area contributed by atoms with Crippen LogP contribution in [-0.4, -0.2) is 197 Å². The number of aromatic amines is 1. The van der Waals surface area contributed by atoms with Gasteiger partial charge in [0.25, 0.3) is 0 Å². The summed E-state index contributed by atoms with van der Waals surface area (Å²) in [6.45, 7) is 2.92. The van der Waals surface area contributed by atoms with Crippen LogP contribution in [-0.2, 0) is 86.4 Å². The zero-order valence-electron chi connectivity index (χ0n) is 57.9. The third-order valence-electron chi connectivity index (χ3n) is 17.3. The number of guanidine groups is 1. The van der Waals surface area contributed by atoms with E-state index in [1.165, 1.54) is 17.0 Å². The molecule has 36 heteroatoms. The highest BCUT2D eigenvalue weighted by Gasteiger charge is 2.41. The van der Waals surface area contributed by atoms with Crippen LogP contribution in [0.5, 0.6) is 0 Å². The van der Waals surface area contributed by atoms with Crippen LogP contribution in [0.25, 0.3) is 32.1 Å². The van der Waals surface area contributed by atoms with Gasteiger partial charge in [-0.25, -0.2) is 4.79 Å². The Balaban J connectivity index is 1.25. The smallest absolute Gasteiger partial charge is 0.327 e. The first-order chi connectivity index (χ1) is 50.1. The van der Waals surface area contributed by atoms with Crippen molar-refractivity contribution in [2.75, 3.05) is 32.7 Å². The summed E-state index contributed by atoms with van der Waals surface area (Å²) < 4.78 is 0. The highest BCUT2D eigenvalue weighted by atomic mass is 35.5. The van der Waals surface area contributed by atoms with Gasteiger partial charge in [0.2, 0.25) is 76.8 Å². The van der Waals surface area contributed by atoms with Gasteiger partial charge < -0.3 is 90.7 Å². The minimum absolute atomic E-state index is 0.00476. The number of aromatic nitrogens is 1. The van der Waals surface area contributed by atoms with Gasteiger partial charge in [0.05, 0.1) is 13.0 Å². The summed E-state index contributed by atoms with van der Waals surface area (Å²) in [6.07, 6.45) is -1.33. The molecule has 0 radical (unpaired) electrons. The third-order valence-corrected chi connectivity index (χ3v) is 17.5. The Kier molecular flexibility index (Phi) is 30.0. The largest absolute Gasteiger partial charge is 0.480 e. The first kappa shape index (κ1) is 80.6. The zero-order valence-corrected chi connectivity index (χ0v) is 58.7. The third kappa shape index (κ3) is 24.5. The number of carbonyl (C=O) groups excluding carboxylic acids is 13. The first-order valence-corrected chi connectivity index (χ1v) is 34.3. The molecule has 2 saturated heterocycles. The number of nitrogens with one attached hydrogen (secondary N) is 12. The number of fused-ring (bicyclic) bond motifs is 2. The summed E-state index contributed by atoms with van der Waals surface area (Å²) in [4.78, 5) is 208. The van der Waals surface area contributed by atoms with E-state index in [4.69, 9.17) is 28.8 Å². The van der Waals surface area contributed by atoms with Gasteiger partial charge in [-0.15, -0.1) is 0 Å². The number of benzene rings is 4. The van der Waals surface area contributed by atoms with Crippen molar-refractivity contribution in [2.24, 2.45) is 33.2 Å². The second kappa shape index (κ2) is 39.1. The van der Waals surface area contributed by atoms with Gasteiger partial charge in [-0.2, -0.15) is 0 Å². The van der Waals surface area contributed by atoms with Crippen LogP contribution in [0, 0.1) is 5.92 Å². The second-order valence-electron chi connectivity index (χ2n) is 25.8. The van der Waals surface area contributed by atoms with E-state index in [2.05, 4.69) is 78.5 Å². The zero-order chi connectivity index (χ0) is 76.4. The molecule has 19 N–H and O–H groups in total. The number of nitrogens with two attached hydrogens (primary N) is 3. The van der Waals surface area contributed by atoms with Gasteiger partial charge in [-0.1, -0.05) is 98.2 Å². The number of halogens is 1. The van der Waals surface area contributed by atoms with E-state index in [0.29, 0.717) is 39.0 Å². The van der Waals surface area contributed by atoms with Crippen molar-refractivity contribution in [3.05, 3.63) is 129 Å². The van der Waals surface area contributed by atoms with Gasteiger partial charge in [-0.05, 0) is 101 Å². The highest BCUT2D eigenvalue weighted by molar-refractivity contribution is 6.30. The summed E-state index contributed by atoms with van der Waals surface area (Å²) in [5.74, 6) is -14.8. The number of H-pyrrole nitrogens is 1. The molecule has 2 aliphatic rings. The average molecular weight is 1470 g/mol. The number of aliphatic imine (C=N–C) groups is 1. The predicted octanol–water partition coefficient (Wildman–Crippen LogP) is -1.23. The molecule has 2 fully saturated rings. The van der Waals surface area contributed by atoms with Crippen LogP contribution in [0.2, 0.25) is 5.02 Å². The molecule has 105 heavy (non-hydrogen) atoms. The molecular formula is C69H87ClN20O15. The SMILES string of the molecule is CC(=O)N[C@H]1CC(=O)NCC(=O)NCC[C@H](C(=O)N[C@H](Cc2ccc3ccccc3c2)C(=O)N[C@@H](CC(C)C)C(=O)N[C@@H](CCCN=C(N)N)C(=O)N2CCC[C@H]2C(=O)N[C@@H](CN)C(=O)O)NC(=O)[C@H](CC(=O)N=[N+]=[N-])NC(=O)[C@@H](Cc2c[nH]c3ccccc23)NC(=O)[C@@H](Cc2ccc(Cl)cc2)NC1=O. The second-order valence-corrected chi connectivity index (χ2v) is 26.2. The molecule has 0 aliphatic carbocycles. The number of rotatable bonds is 26. The maximum absolute atomic E-state index is 15.3. The summed E-state index contributed by atoms with van der Waals surface area (Å²) in [6, 6.07) is 9.53. The Hall–Kier alpha value is -11.7. The van der Waals surface area contributed by atoms with Gasteiger partial charge in [0.1, 0.15) is 60.4 Å². The summed E-state index contributed by atoms with van der Waals surface area (Å²) >= 11 is 6.19. The summed E-state index contributed by atoms with van der Waals surface area (Å²) in [7, 11) is 0. The van der Waals surface area contributed by atoms with Crippen LogP contribution in [0.3, 0.4) is 0 Å². The molecular weight excluding hydrogens is 1380 g/mol. The number of para-hydroxylation sites is 1. The molecule has 0 spiro atoms. The van der Waals surface area contributed by atoms with Crippen LogP contribution in [0.1, 0.15) is 88.8 Å². The van der Waals surface area contributed by atoms with E-state index in [1.807, 2.05) is 12.1 Å². The maximum Gasteiger partial charge on any atom is 0.327 e. The Labute approximate surface area is 607 Å². The number of carbonyl (C=O) groups is 14. The number of hydrogen-bond acceptors (Lipinski definition) is 16. The number of nitrogens with zero attached hydrogens (tertiary/aromatic N) is 5. The molecule has 5 aromatic rings. The molecule has 2 aliphatic heterocycles. The van der Waals surface area contributed by atoms with Crippen molar-refractivity contribution in [1.29, 1.82) is 0 Å². The molecule has 13 amide bonds. The summed E-state index contributed by atoms with van der Waals surface area (Å²) in [5.41, 5.74) is 28.1. The molecule has 7 rings (SSSR count). The molecule has 1 aromatic heterocycles. The Morgan fingerprint density at radius 1 is 0.714 bits per heavy atom. The number of azide groups is 1. The quantitative estimate of drug-likeness (QED) is 0.00770. The van der Waals surface area contributed by atoms with E-state index in [-0.39, 0.29) is 69.9 Å². The van der Waals surface area contributed by atoms with Crippen molar-refractivity contribution in [2.45, 2.75) is 152 Å². The topological polar surface area (TPSA) is 550 Å². The number of amides is 13. The molecule has 560 valence electrons. The van der Waals surface area contributed by atoms with Crippen molar-refractivity contribution in [3.63, 3.8) is 0 Å². The lowest BCUT2D eigenvalue weighted by atomic mass is 9.98. The van der Waals surface area contributed by atoms with Crippen LogP contribution >= 0.6 is 11.6 Å². The van der Waals surface area contributed by atoms with E-state index in [9.17, 15) is 58.6 Å². The average Bonchev–Trinajstić information content (AvgIpc) is 1.77. The number of hydrogen-bond donors (Lipinski definition) is 16. The molecule has 0 saturated carbocycles. The lowest BCUT2D eigenvalue weighted by Gasteiger charge is -2.31. The molecule has 0 unspecified atom stereocenters. The van der Waals surface area contributed by atoms with Gasteiger partial charge >= 0.3 is 5.97 Å². The number of carboxylic acid groups (broad SMARTS) is 1. The fourth-order valence-electron chi connectivity index (χ4n) is 12.0. The molecule has 10 atom stereocenters. The standard InChI is InChI=1S/C69H87ClN20O15/c1-36(2)26-48(60(96)81-47(14-8-23-76-69(72)73)67(103)90-25-9-15-55(90)66(102)87-54(33-71)68(104)105)82-62(98)50(29-39-16-19-40-10-4-5-11-41(40)27-39)83-59(95)46-22-24-75-58(94)35-78-56(92)31-52(79-37(3)91)64(100)84-49(28-38-17-20-43(70)21-18-38)61(97)85-51(30-42-34-77-45-13-7-6-12-44(42)45)63(99)86-53(65(101)80-46)32-57(93)88-89-74/h4-7,10-13,16-21,27,34,36,46-55,77H,8-9,14-15,22-26,28-33,35,71H2,1-3H3,(H,75,94)(H,78,92)(H,79,91)(H,80,101)(H,81,96)(H,82,98)(H,83,95)(H,84,100)(H,85,97)(H,86,99)(H,87,102)(H,104,105)(H4,72,73,76)/t46-,47+,48+,49-,50-,51-,52+,53+,54+,55+/m1/s1. The number of carboxylic acids is 1. The van der Waals surface area contributed by atoms with Crippen LogP contribution in [0.15, 0.2) is 107 Å². The van der Waals surface area contributed by atoms with E-state index >= 15 is 19.2 Å². The fourth-order valence-corrected chi connectivity index (χ4v) is 12.1. The molecule has 4 aromatic carbocycles. The lowest BCUT2D eigenvalue weighted by molar-refractivity contribution is -0.145. The number of likely N-dealkylation sites (tertiary alicyclic amines) is 1. The van der Waals surface area contributed by atoms with Crippen molar-refractivity contribution in [3.8, 4) is 0 Å². The van der Waals surface area contributed by atoms with Crippen molar-refractivity contribution < 1.29 is 72.2 Å². The van der Waals surface area contributed by atoms with E-state index in [0.717, 1.165) is 17.7 Å². The normalized spacial score (nSPS) is 19.7. The molecule has 0 bridgehead atoms. The number of aliphatic carboxylic acids is 1. The first-order valence-electron chi connectivity index (χ1n) is 34.0. The van der Waals surface area contributed by atoms with Crippen molar-refractivity contribution >= 4 is 122 Å². The van der Waals surface area contributed by atoms with Gasteiger partial charge in [-0.3, -0.25) is 67.3 Å². The predicted molar refractivity (Wildman–Crippen MR) is 383 cm³/mol. The maximum atomic E-state index is 15.3. The van der Waals surface area contributed by atoms with Crippen molar-refractivity contribution in [1.82, 2.24) is 68.4 Å². The lowest BCUT2D eigenvalue weighted by Crippen LogP contribution is -2.61. The summed E-state index contributed by atoms with van der Waals surface area (Å²) in [5, 5.41) is 43.2. The monoisotopic (exact) mass is 1470 g/mol. The highest BCUT2D eigenvalue weighted by Crippen LogP contribution is 2.24. The Morgan fingerprint density at radius 3 is 2.04 bits per heavy atom. The van der Waals surface area contributed by atoms with E-state index < -0.39 is 182 Å². The van der Waals surface area contributed by atoms with Gasteiger partial charge in [0, 0.05) is 85.8 Å². The van der Waals surface area contributed by atoms with Crippen LogP contribution < -0.4 is 75.7 Å². The molecule has 35 nitrogen and oxygen atoms in total. The Bertz CT molecular complexity index is 4120. The molecule has 3 heterocycles. The fraction of sp³-hybridized carbons (Fsp3) is 0.435. The van der Waals surface area contributed by atoms with Gasteiger partial charge in [0.15, 0.2) is 5.96 Å². The van der Waals surface area contributed by atoms with Crippen LogP contribution in [0.4, 0.5) is 0 Å². The minimum atomic E-state index is -2.04. The Morgan fingerprint density at radius 2 is 1.35 bits per heavy atom.